The first-order valence-corrected chi connectivity index (χ1v) is 5.70. The number of para-hydroxylation sites is 1. The quantitative estimate of drug-likeness (QED) is 0.724. The van der Waals surface area contributed by atoms with Crippen LogP contribution in [0.5, 0.6) is 0 Å². The summed E-state index contributed by atoms with van der Waals surface area (Å²) in [6, 6.07) is 9.71. The van der Waals surface area contributed by atoms with E-state index in [-0.39, 0.29) is 12.3 Å². The zero-order valence-electron chi connectivity index (χ0n) is 8.14. The maximum atomic E-state index is 11.7. The molecule has 0 unspecified atom stereocenters. The molecular weight excluding hydrogens is 208 g/mol. The van der Waals surface area contributed by atoms with Crippen molar-refractivity contribution in [3.63, 3.8) is 0 Å². The van der Waals surface area contributed by atoms with E-state index in [1.165, 1.54) is 0 Å². The first-order chi connectivity index (χ1) is 7.33. The number of carbonyl (C=O) groups excluding carboxylic acids is 1. The van der Waals surface area contributed by atoms with Crippen LogP contribution in [0.15, 0.2) is 29.2 Å². The van der Waals surface area contributed by atoms with Crippen molar-refractivity contribution in [3.05, 3.63) is 24.3 Å². The molecule has 0 aromatic heterocycles. The summed E-state index contributed by atoms with van der Waals surface area (Å²) in [5, 5.41) is 8.51. The number of amides is 1. The fourth-order valence-corrected chi connectivity index (χ4v) is 2.59. The smallest absolute Gasteiger partial charge is 0.241 e. The Morgan fingerprint density at radius 3 is 3.13 bits per heavy atom. The largest absolute Gasteiger partial charge is 0.310 e. The van der Waals surface area contributed by atoms with Crippen LogP contribution in [-0.4, -0.2) is 18.2 Å². The van der Waals surface area contributed by atoms with Gasteiger partial charge in [0.15, 0.2) is 0 Å². The summed E-state index contributed by atoms with van der Waals surface area (Å²) in [6.07, 6.45) is -0.0427. The minimum absolute atomic E-state index is 0.0427. The lowest BCUT2D eigenvalue weighted by atomic mass is 10.2. The van der Waals surface area contributed by atoms with Gasteiger partial charge in [-0.05, 0) is 12.1 Å². The van der Waals surface area contributed by atoms with Gasteiger partial charge in [-0.1, -0.05) is 12.1 Å². The van der Waals surface area contributed by atoms with Crippen molar-refractivity contribution in [2.24, 2.45) is 0 Å². The normalized spacial score (nSPS) is 14.2. The molecule has 0 spiro atoms. The third-order valence-corrected chi connectivity index (χ3v) is 3.30. The SMILES string of the molecule is N#CCC(=O)N1CCSc2ccccc21. The highest BCUT2D eigenvalue weighted by Crippen LogP contribution is 2.34. The lowest BCUT2D eigenvalue weighted by molar-refractivity contribution is -0.117. The van der Waals surface area contributed by atoms with E-state index in [2.05, 4.69) is 0 Å². The highest BCUT2D eigenvalue weighted by atomic mass is 32.2. The standard InChI is InChI=1S/C11H10N2OS/c12-6-5-11(14)13-7-8-15-10-4-2-1-3-9(10)13/h1-4H,5,7-8H2. The molecular formula is C11H10N2OS. The lowest BCUT2D eigenvalue weighted by Crippen LogP contribution is -2.34. The molecule has 1 aliphatic heterocycles. The van der Waals surface area contributed by atoms with Gasteiger partial charge in [-0.25, -0.2) is 0 Å². The number of thioether (sulfide) groups is 1. The van der Waals surface area contributed by atoms with Gasteiger partial charge >= 0.3 is 0 Å². The number of hydrogen-bond donors (Lipinski definition) is 0. The molecule has 0 saturated heterocycles. The van der Waals surface area contributed by atoms with Gasteiger partial charge in [-0.2, -0.15) is 5.26 Å². The second-order valence-electron chi connectivity index (χ2n) is 3.20. The summed E-state index contributed by atoms with van der Waals surface area (Å²) in [7, 11) is 0. The van der Waals surface area contributed by atoms with Crippen LogP contribution in [0.4, 0.5) is 5.69 Å². The Hall–Kier alpha value is -1.47. The van der Waals surface area contributed by atoms with Crippen molar-refractivity contribution in [3.8, 4) is 6.07 Å². The lowest BCUT2D eigenvalue weighted by Gasteiger charge is -2.28. The number of carbonyl (C=O) groups is 1. The Bertz CT molecular complexity index is 425. The molecule has 1 aromatic rings. The van der Waals surface area contributed by atoms with Crippen LogP contribution in [-0.2, 0) is 4.79 Å². The van der Waals surface area contributed by atoms with Gasteiger partial charge in [-0.15, -0.1) is 11.8 Å². The third-order valence-electron chi connectivity index (χ3n) is 2.26. The van der Waals surface area contributed by atoms with Crippen LogP contribution in [0.1, 0.15) is 6.42 Å². The average Bonchev–Trinajstić information content (AvgIpc) is 2.28. The topological polar surface area (TPSA) is 44.1 Å². The van der Waals surface area contributed by atoms with Crippen LogP contribution < -0.4 is 4.90 Å². The van der Waals surface area contributed by atoms with Crippen molar-refractivity contribution in [1.82, 2.24) is 0 Å². The van der Waals surface area contributed by atoms with E-state index in [4.69, 9.17) is 5.26 Å². The molecule has 0 radical (unpaired) electrons. The van der Waals surface area contributed by atoms with E-state index in [1.807, 2.05) is 30.3 Å². The van der Waals surface area contributed by atoms with Crippen LogP contribution in [0.3, 0.4) is 0 Å². The Kier molecular flexibility index (Phi) is 2.93. The first kappa shape index (κ1) is 10.1. The van der Waals surface area contributed by atoms with Gasteiger partial charge in [-0.3, -0.25) is 4.79 Å². The molecule has 1 heterocycles. The van der Waals surface area contributed by atoms with Crippen molar-refractivity contribution in [1.29, 1.82) is 5.26 Å². The van der Waals surface area contributed by atoms with Gasteiger partial charge in [0.1, 0.15) is 6.42 Å². The molecule has 2 rings (SSSR count). The number of fused-ring (bicyclic) bond motifs is 1. The van der Waals surface area contributed by atoms with Gasteiger partial charge < -0.3 is 4.90 Å². The molecule has 0 saturated carbocycles. The summed E-state index contributed by atoms with van der Waals surface area (Å²) in [6.45, 7) is 0.697. The first-order valence-electron chi connectivity index (χ1n) is 4.72. The number of nitriles is 1. The molecule has 0 aliphatic carbocycles. The number of nitrogens with zero attached hydrogens (tertiary/aromatic N) is 2. The average molecular weight is 218 g/mol. The highest BCUT2D eigenvalue weighted by Gasteiger charge is 2.21. The van der Waals surface area contributed by atoms with Crippen molar-refractivity contribution in [2.75, 3.05) is 17.2 Å². The third kappa shape index (κ3) is 1.97. The van der Waals surface area contributed by atoms with Crippen LogP contribution >= 0.6 is 11.8 Å². The summed E-state index contributed by atoms with van der Waals surface area (Å²) in [4.78, 5) is 14.5. The number of benzene rings is 1. The molecule has 1 aliphatic rings. The van der Waals surface area contributed by atoms with E-state index in [0.717, 1.165) is 16.3 Å². The minimum atomic E-state index is -0.106. The zero-order valence-corrected chi connectivity index (χ0v) is 8.96. The molecule has 1 amide bonds. The molecule has 76 valence electrons. The summed E-state index contributed by atoms with van der Waals surface area (Å²) in [5.74, 6) is 0.791. The predicted octanol–water partition coefficient (Wildman–Crippen LogP) is 2.04. The van der Waals surface area contributed by atoms with E-state index < -0.39 is 0 Å². The second-order valence-corrected chi connectivity index (χ2v) is 4.33. The zero-order chi connectivity index (χ0) is 10.7. The van der Waals surface area contributed by atoms with E-state index >= 15 is 0 Å². The van der Waals surface area contributed by atoms with Crippen molar-refractivity contribution < 1.29 is 4.79 Å². The molecule has 4 heteroatoms. The molecule has 0 fully saturated rings. The molecule has 15 heavy (non-hydrogen) atoms. The predicted molar refractivity (Wildman–Crippen MR) is 59.7 cm³/mol. The molecule has 0 atom stereocenters. The molecule has 0 bridgehead atoms. The summed E-state index contributed by atoms with van der Waals surface area (Å²) >= 11 is 1.75. The number of rotatable bonds is 1. The maximum Gasteiger partial charge on any atom is 0.241 e. The molecule has 3 nitrogen and oxygen atoms in total. The van der Waals surface area contributed by atoms with Crippen LogP contribution in [0, 0.1) is 11.3 Å². The van der Waals surface area contributed by atoms with Gasteiger partial charge in [0, 0.05) is 17.2 Å². The van der Waals surface area contributed by atoms with E-state index in [0.29, 0.717) is 6.54 Å². The Morgan fingerprint density at radius 2 is 2.33 bits per heavy atom. The van der Waals surface area contributed by atoms with Crippen molar-refractivity contribution in [2.45, 2.75) is 11.3 Å². The minimum Gasteiger partial charge on any atom is -0.310 e. The van der Waals surface area contributed by atoms with E-state index in [9.17, 15) is 4.79 Å². The highest BCUT2D eigenvalue weighted by molar-refractivity contribution is 7.99. The monoisotopic (exact) mass is 218 g/mol. The maximum absolute atomic E-state index is 11.7. The molecule has 1 aromatic carbocycles. The van der Waals surface area contributed by atoms with E-state index in [1.54, 1.807) is 16.7 Å². The summed E-state index contributed by atoms with van der Waals surface area (Å²) in [5.41, 5.74) is 0.939. The van der Waals surface area contributed by atoms with Crippen LogP contribution in [0.25, 0.3) is 0 Å². The fourth-order valence-electron chi connectivity index (χ4n) is 1.59. The van der Waals surface area contributed by atoms with Gasteiger partial charge in [0.05, 0.1) is 11.8 Å². The molecule has 0 N–H and O–H groups in total. The fraction of sp³-hybridized carbons (Fsp3) is 0.273. The Balaban J connectivity index is 2.30. The van der Waals surface area contributed by atoms with Crippen molar-refractivity contribution >= 4 is 23.4 Å². The van der Waals surface area contributed by atoms with Gasteiger partial charge in [0.25, 0.3) is 0 Å². The number of hydrogen-bond acceptors (Lipinski definition) is 3. The second kappa shape index (κ2) is 4.37. The Morgan fingerprint density at radius 1 is 1.53 bits per heavy atom. The number of anilines is 1. The van der Waals surface area contributed by atoms with Crippen LogP contribution in [0.2, 0.25) is 0 Å². The van der Waals surface area contributed by atoms with Gasteiger partial charge in [0.2, 0.25) is 5.91 Å². The summed E-state index contributed by atoms with van der Waals surface area (Å²) < 4.78 is 0. The Labute approximate surface area is 92.7 Å².